The lowest BCUT2D eigenvalue weighted by atomic mass is 9.82. The highest BCUT2D eigenvalue weighted by Crippen LogP contribution is 2.30. The average Bonchev–Trinajstić information content (AvgIpc) is 2.27. The molecule has 0 saturated heterocycles. The summed E-state index contributed by atoms with van der Waals surface area (Å²) >= 11 is 0. The van der Waals surface area contributed by atoms with Crippen molar-refractivity contribution < 1.29 is 9.66 Å². The quantitative estimate of drug-likeness (QED) is 0.618. The Morgan fingerprint density at radius 2 is 2.35 bits per heavy atom. The number of hydrogen-bond acceptors (Lipinski definition) is 5. The molecule has 92 valence electrons. The van der Waals surface area contributed by atoms with E-state index in [0.29, 0.717) is 11.8 Å². The SMILES string of the molecule is CNCC1CC(Oc2ccc([N+](=O)[O-])cn2)C1. The van der Waals surface area contributed by atoms with Crippen LogP contribution in [0.1, 0.15) is 12.8 Å². The summed E-state index contributed by atoms with van der Waals surface area (Å²) < 4.78 is 5.60. The van der Waals surface area contributed by atoms with Gasteiger partial charge in [-0.05, 0) is 32.4 Å². The Bertz CT molecular complexity index is 387. The fraction of sp³-hybridized carbons (Fsp3) is 0.545. The molecule has 0 aromatic carbocycles. The number of nitrogens with zero attached hydrogens (tertiary/aromatic N) is 2. The minimum Gasteiger partial charge on any atom is -0.474 e. The Hall–Kier alpha value is -1.69. The first-order valence-corrected chi connectivity index (χ1v) is 5.60. The van der Waals surface area contributed by atoms with Gasteiger partial charge < -0.3 is 10.1 Å². The monoisotopic (exact) mass is 237 g/mol. The van der Waals surface area contributed by atoms with E-state index < -0.39 is 4.92 Å². The molecule has 17 heavy (non-hydrogen) atoms. The van der Waals surface area contributed by atoms with Gasteiger partial charge in [-0.3, -0.25) is 10.1 Å². The van der Waals surface area contributed by atoms with Gasteiger partial charge in [0.25, 0.3) is 5.69 Å². The Morgan fingerprint density at radius 1 is 1.59 bits per heavy atom. The Labute approximate surface area is 99.2 Å². The first-order chi connectivity index (χ1) is 8.19. The largest absolute Gasteiger partial charge is 0.474 e. The second-order valence-electron chi connectivity index (χ2n) is 4.25. The standard InChI is InChI=1S/C11H15N3O3/c1-12-6-8-4-10(5-8)17-11-3-2-9(7-13-11)14(15)16/h2-3,7-8,10,12H,4-6H2,1H3. The number of hydrogen-bond donors (Lipinski definition) is 1. The highest BCUT2D eigenvalue weighted by Gasteiger charge is 2.30. The van der Waals surface area contributed by atoms with Gasteiger partial charge in [-0.2, -0.15) is 0 Å². The maximum Gasteiger partial charge on any atom is 0.287 e. The van der Waals surface area contributed by atoms with Crippen molar-refractivity contribution in [3.63, 3.8) is 0 Å². The normalized spacial score (nSPS) is 22.9. The predicted octanol–water partition coefficient (Wildman–Crippen LogP) is 1.37. The van der Waals surface area contributed by atoms with Crippen LogP contribution >= 0.6 is 0 Å². The molecule has 2 rings (SSSR count). The van der Waals surface area contributed by atoms with Crippen molar-refractivity contribution in [2.24, 2.45) is 5.92 Å². The fourth-order valence-corrected chi connectivity index (χ4v) is 1.95. The molecule has 1 aliphatic rings. The summed E-state index contributed by atoms with van der Waals surface area (Å²) in [6, 6.07) is 2.95. The van der Waals surface area contributed by atoms with E-state index in [1.165, 1.54) is 12.3 Å². The van der Waals surface area contributed by atoms with E-state index in [4.69, 9.17) is 4.74 Å². The van der Waals surface area contributed by atoms with Crippen molar-refractivity contribution >= 4 is 5.69 Å². The van der Waals surface area contributed by atoms with E-state index in [1.807, 2.05) is 7.05 Å². The van der Waals surface area contributed by atoms with Gasteiger partial charge >= 0.3 is 0 Å². The zero-order valence-electron chi connectivity index (χ0n) is 9.63. The minimum atomic E-state index is -0.469. The van der Waals surface area contributed by atoms with E-state index >= 15 is 0 Å². The molecule has 1 N–H and O–H groups in total. The molecule has 0 atom stereocenters. The lowest BCUT2D eigenvalue weighted by Crippen LogP contribution is -2.38. The van der Waals surface area contributed by atoms with Crippen LogP contribution in [0.5, 0.6) is 5.88 Å². The van der Waals surface area contributed by atoms with E-state index in [2.05, 4.69) is 10.3 Å². The summed E-state index contributed by atoms with van der Waals surface area (Å²) in [4.78, 5) is 13.9. The molecule has 1 saturated carbocycles. The van der Waals surface area contributed by atoms with E-state index in [9.17, 15) is 10.1 Å². The van der Waals surface area contributed by atoms with Crippen LogP contribution in [-0.2, 0) is 0 Å². The smallest absolute Gasteiger partial charge is 0.287 e. The fourth-order valence-electron chi connectivity index (χ4n) is 1.95. The van der Waals surface area contributed by atoms with E-state index in [-0.39, 0.29) is 11.8 Å². The molecule has 1 aliphatic carbocycles. The zero-order chi connectivity index (χ0) is 12.3. The molecule has 1 fully saturated rings. The first kappa shape index (κ1) is 11.8. The molecular formula is C11H15N3O3. The minimum absolute atomic E-state index is 0.0148. The molecule has 1 heterocycles. The molecule has 0 bridgehead atoms. The highest BCUT2D eigenvalue weighted by molar-refractivity contribution is 5.29. The molecular weight excluding hydrogens is 222 g/mol. The van der Waals surface area contributed by atoms with Crippen molar-refractivity contribution in [3.05, 3.63) is 28.4 Å². The van der Waals surface area contributed by atoms with Gasteiger partial charge in [0.05, 0.1) is 4.92 Å². The third-order valence-corrected chi connectivity index (χ3v) is 2.90. The summed E-state index contributed by atoms with van der Waals surface area (Å²) in [5.41, 5.74) is -0.0148. The maximum atomic E-state index is 10.4. The van der Waals surface area contributed by atoms with Crippen LogP contribution in [0.25, 0.3) is 0 Å². The second kappa shape index (κ2) is 5.09. The topological polar surface area (TPSA) is 77.3 Å². The summed E-state index contributed by atoms with van der Waals surface area (Å²) in [6.45, 7) is 1.01. The van der Waals surface area contributed by atoms with Crippen LogP contribution in [0.15, 0.2) is 18.3 Å². The summed E-state index contributed by atoms with van der Waals surface area (Å²) in [6.07, 6.45) is 3.44. The lowest BCUT2D eigenvalue weighted by molar-refractivity contribution is -0.385. The van der Waals surface area contributed by atoms with Gasteiger partial charge in [0.1, 0.15) is 12.3 Å². The number of pyridine rings is 1. The van der Waals surface area contributed by atoms with Crippen molar-refractivity contribution in [1.29, 1.82) is 0 Å². The number of rotatable bonds is 5. The highest BCUT2D eigenvalue weighted by atomic mass is 16.6. The third kappa shape index (κ3) is 2.91. The third-order valence-electron chi connectivity index (χ3n) is 2.90. The van der Waals surface area contributed by atoms with Crippen molar-refractivity contribution in [2.75, 3.05) is 13.6 Å². The molecule has 1 aromatic rings. The molecule has 6 nitrogen and oxygen atoms in total. The van der Waals surface area contributed by atoms with Gasteiger partial charge in [0.2, 0.25) is 5.88 Å². The summed E-state index contributed by atoms with van der Waals surface area (Å²) in [7, 11) is 1.94. The Balaban J connectivity index is 1.82. The van der Waals surface area contributed by atoms with Crippen molar-refractivity contribution in [2.45, 2.75) is 18.9 Å². The van der Waals surface area contributed by atoms with Crippen LogP contribution in [-0.4, -0.2) is 29.6 Å². The molecule has 1 aromatic heterocycles. The Morgan fingerprint density at radius 3 is 2.88 bits per heavy atom. The maximum absolute atomic E-state index is 10.4. The second-order valence-corrected chi connectivity index (χ2v) is 4.25. The van der Waals surface area contributed by atoms with E-state index in [1.54, 1.807) is 6.07 Å². The van der Waals surface area contributed by atoms with Crippen molar-refractivity contribution in [3.8, 4) is 5.88 Å². The predicted molar refractivity (Wildman–Crippen MR) is 62.0 cm³/mol. The molecule has 0 aliphatic heterocycles. The number of aromatic nitrogens is 1. The van der Waals surface area contributed by atoms with Gasteiger partial charge in [-0.15, -0.1) is 0 Å². The van der Waals surface area contributed by atoms with Crippen LogP contribution in [0, 0.1) is 16.0 Å². The molecule has 0 amide bonds. The zero-order valence-corrected chi connectivity index (χ0v) is 9.63. The van der Waals surface area contributed by atoms with Gasteiger partial charge in [-0.25, -0.2) is 4.98 Å². The van der Waals surface area contributed by atoms with E-state index in [0.717, 1.165) is 19.4 Å². The van der Waals surface area contributed by atoms with Gasteiger partial charge in [-0.1, -0.05) is 0 Å². The summed E-state index contributed by atoms with van der Waals surface area (Å²) in [5, 5.41) is 13.6. The van der Waals surface area contributed by atoms with Crippen LogP contribution < -0.4 is 10.1 Å². The number of nitro groups is 1. The first-order valence-electron chi connectivity index (χ1n) is 5.60. The molecule has 0 unspecified atom stereocenters. The molecule has 0 radical (unpaired) electrons. The average molecular weight is 237 g/mol. The lowest BCUT2D eigenvalue weighted by Gasteiger charge is -2.34. The van der Waals surface area contributed by atoms with Crippen molar-refractivity contribution in [1.82, 2.24) is 10.3 Å². The Kier molecular flexibility index (Phi) is 3.53. The number of nitrogens with one attached hydrogen (secondary N) is 1. The van der Waals surface area contributed by atoms with Crippen LogP contribution in [0.4, 0.5) is 5.69 Å². The van der Waals surface area contributed by atoms with Crippen LogP contribution in [0.2, 0.25) is 0 Å². The number of ether oxygens (including phenoxy) is 1. The van der Waals surface area contributed by atoms with Gasteiger partial charge in [0, 0.05) is 12.1 Å². The summed E-state index contributed by atoms with van der Waals surface area (Å²) in [5.74, 6) is 1.13. The van der Waals surface area contributed by atoms with Crippen LogP contribution in [0.3, 0.4) is 0 Å². The van der Waals surface area contributed by atoms with Gasteiger partial charge in [0.15, 0.2) is 0 Å². The molecule has 0 spiro atoms. The molecule has 6 heteroatoms.